The molecule has 0 fully saturated rings. The van der Waals surface area contributed by atoms with Crippen LogP contribution in [0.1, 0.15) is 18.5 Å². The summed E-state index contributed by atoms with van der Waals surface area (Å²) < 4.78 is 19.0. The highest BCUT2D eigenvalue weighted by molar-refractivity contribution is 7.99. The molecule has 0 bridgehead atoms. The van der Waals surface area contributed by atoms with Gasteiger partial charge in [-0.25, -0.2) is 9.37 Å². The Morgan fingerprint density at radius 1 is 1.25 bits per heavy atom. The van der Waals surface area contributed by atoms with Crippen molar-refractivity contribution in [2.75, 3.05) is 0 Å². The molecule has 3 nitrogen and oxygen atoms in total. The molecule has 0 spiro atoms. The summed E-state index contributed by atoms with van der Waals surface area (Å²) in [5.41, 5.74) is 8.17. The van der Waals surface area contributed by atoms with E-state index in [0.29, 0.717) is 5.22 Å². The van der Waals surface area contributed by atoms with Gasteiger partial charge in [0.05, 0.1) is 0 Å². The Balaban J connectivity index is 1.98. The summed E-state index contributed by atoms with van der Waals surface area (Å²) in [5.74, 6) is -0.292. The minimum absolute atomic E-state index is 0.252. The Morgan fingerprint density at radius 2 is 2.05 bits per heavy atom. The average Bonchev–Trinajstić information content (AvgIpc) is 2.82. The van der Waals surface area contributed by atoms with Crippen molar-refractivity contribution in [3.63, 3.8) is 0 Å². The summed E-state index contributed by atoms with van der Waals surface area (Å²) >= 11 is 1.35. The molecule has 1 aromatic heterocycles. The monoisotopic (exact) mass is 288 g/mol. The Bertz CT molecular complexity index is 721. The summed E-state index contributed by atoms with van der Waals surface area (Å²) in [6, 6.07) is 11.9. The molecular formula is C15H13FN2OS. The average molecular weight is 288 g/mol. The van der Waals surface area contributed by atoms with Crippen LogP contribution in [-0.4, -0.2) is 4.98 Å². The largest absolute Gasteiger partial charge is 0.431 e. The van der Waals surface area contributed by atoms with Crippen molar-refractivity contribution in [3.8, 4) is 0 Å². The lowest BCUT2D eigenvalue weighted by Gasteiger charge is -2.10. The summed E-state index contributed by atoms with van der Waals surface area (Å²) in [6.45, 7) is 1.82. The molecule has 1 atom stereocenters. The highest BCUT2D eigenvalue weighted by atomic mass is 32.2. The summed E-state index contributed by atoms with van der Waals surface area (Å²) in [5, 5.41) is 0.528. The first-order valence-corrected chi connectivity index (χ1v) is 7.03. The summed E-state index contributed by atoms with van der Waals surface area (Å²) in [7, 11) is 0. The van der Waals surface area contributed by atoms with Crippen LogP contribution in [0.5, 0.6) is 0 Å². The van der Waals surface area contributed by atoms with Crippen LogP contribution >= 0.6 is 11.8 Å². The molecule has 3 aromatic rings. The van der Waals surface area contributed by atoms with Gasteiger partial charge in [-0.15, -0.1) is 0 Å². The van der Waals surface area contributed by atoms with Gasteiger partial charge in [0.25, 0.3) is 5.22 Å². The molecule has 0 radical (unpaired) electrons. The van der Waals surface area contributed by atoms with Gasteiger partial charge in [0, 0.05) is 10.9 Å². The first kappa shape index (κ1) is 13.1. The Kier molecular flexibility index (Phi) is 3.46. The van der Waals surface area contributed by atoms with E-state index in [0.717, 1.165) is 21.6 Å². The van der Waals surface area contributed by atoms with E-state index in [4.69, 9.17) is 10.2 Å². The zero-order valence-electron chi connectivity index (χ0n) is 10.8. The van der Waals surface area contributed by atoms with Crippen LogP contribution in [0.15, 0.2) is 57.0 Å². The predicted molar refractivity (Wildman–Crippen MR) is 77.1 cm³/mol. The number of aromatic nitrogens is 1. The Labute approximate surface area is 120 Å². The number of fused-ring (bicyclic) bond motifs is 1. The van der Waals surface area contributed by atoms with E-state index in [1.807, 2.05) is 31.2 Å². The van der Waals surface area contributed by atoms with Crippen LogP contribution in [0, 0.1) is 5.82 Å². The predicted octanol–water partition coefficient (Wildman–Crippen LogP) is 4.14. The number of hydrogen-bond donors (Lipinski definition) is 1. The van der Waals surface area contributed by atoms with Crippen LogP contribution in [0.25, 0.3) is 11.1 Å². The number of rotatable bonds is 3. The van der Waals surface area contributed by atoms with Crippen LogP contribution in [0.3, 0.4) is 0 Å². The molecule has 2 aromatic carbocycles. The van der Waals surface area contributed by atoms with Gasteiger partial charge in [-0.1, -0.05) is 12.1 Å². The number of halogens is 1. The highest BCUT2D eigenvalue weighted by Gasteiger charge is 2.13. The standard InChI is InChI=1S/C15H13FN2OS/c1-9(17)11-8-10(16)6-7-14(11)20-15-18-12-4-2-3-5-13(12)19-15/h2-9H,17H2,1H3/t9-/m1/s1. The first-order valence-electron chi connectivity index (χ1n) is 6.22. The molecule has 3 rings (SSSR count). The molecule has 0 saturated carbocycles. The molecule has 0 aliphatic heterocycles. The second kappa shape index (κ2) is 5.26. The van der Waals surface area contributed by atoms with Gasteiger partial charge < -0.3 is 10.2 Å². The van der Waals surface area contributed by atoms with Crippen molar-refractivity contribution in [3.05, 3.63) is 53.8 Å². The lowest BCUT2D eigenvalue weighted by Crippen LogP contribution is -2.06. The lowest BCUT2D eigenvalue weighted by molar-refractivity contribution is 0.489. The van der Waals surface area contributed by atoms with E-state index in [1.54, 1.807) is 6.07 Å². The minimum atomic E-state index is -0.292. The summed E-state index contributed by atoms with van der Waals surface area (Å²) in [6.07, 6.45) is 0. The van der Waals surface area contributed by atoms with Crippen LogP contribution in [-0.2, 0) is 0 Å². The third-order valence-corrected chi connectivity index (χ3v) is 3.87. The molecule has 0 aliphatic rings. The molecular weight excluding hydrogens is 275 g/mol. The maximum Gasteiger partial charge on any atom is 0.261 e. The van der Waals surface area contributed by atoms with Crippen molar-refractivity contribution in [2.24, 2.45) is 5.73 Å². The van der Waals surface area contributed by atoms with Gasteiger partial charge in [-0.05, 0) is 54.6 Å². The molecule has 102 valence electrons. The zero-order chi connectivity index (χ0) is 14.1. The third kappa shape index (κ3) is 2.55. The van der Waals surface area contributed by atoms with E-state index >= 15 is 0 Å². The van der Waals surface area contributed by atoms with Crippen LogP contribution in [0.4, 0.5) is 4.39 Å². The molecule has 2 N–H and O–H groups in total. The van der Waals surface area contributed by atoms with E-state index in [2.05, 4.69) is 4.98 Å². The van der Waals surface area contributed by atoms with Crippen molar-refractivity contribution in [1.29, 1.82) is 0 Å². The number of nitrogens with two attached hydrogens (primary N) is 1. The number of nitrogens with zero attached hydrogens (tertiary/aromatic N) is 1. The Hall–Kier alpha value is -1.85. The molecule has 0 aliphatic carbocycles. The van der Waals surface area contributed by atoms with E-state index < -0.39 is 0 Å². The van der Waals surface area contributed by atoms with Gasteiger partial charge in [0.1, 0.15) is 11.3 Å². The van der Waals surface area contributed by atoms with Crippen molar-refractivity contribution < 1.29 is 8.81 Å². The van der Waals surface area contributed by atoms with E-state index in [-0.39, 0.29) is 11.9 Å². The number of hydrogen-bond acceptors (Lipinski definition) is 4. The fourth-order valence-electron chi connectivity index (χ4n) is 1.96. The van der Waals surface area contributed by atoms with Gasteiger partial charge in [0.2, 0.25) is 0 Å². The summed E-state index contributed by atoms with van der Waals surface area (Å²) in [4.78, 5) is 5.25. The smallest absolute Gasteiger partial charge is 0.261 e. The molecule has 0 amide bonds. The van der Waals surface area contributed by atoms with Gasteiger partial charge >= 0.3 is 0 Å². The molecule has 0 unspecified atom stereocenters. The second-order valence-electron chi connectivity index (χ2n) is 4.52. The maximum atomic E-state index is 13.3. The van der Waals surface area contributed by atoms with E-state index in [1.165, 1.54) is 23.9 Å². The highest BCUT2D eigenvalue weighted by Crippen LogP contribution is 2.34. The fraction of sp³-hybridized carbons (Fsp3) is 0.133. The number of benzene rings is 2. The number of para-hydroxylation sites is 2. The maximum absolute atomic E-state index is 13.3. The van der Waals surface area contributed by atoms with Gasteiger partial charge in [0.15, 0.2) is 5.58 Å². The topological polar surface area (TPSA) is 52.0 Å². The fourth-order valence-corrected chi connectivity index (χ4v) is 2.92. The molecule has 1 heterocycles. The van der Waals surface area contributed by atoms with E-state index in [9.17, 15) is 4.39 Å². The number of oxazole rings is 1. The van der Waals surface area contributed by atoms with Crippen molar-refractivity contribution in [2.45, 2.75) is 23.1 Å². The molecule has 0 saturated heterocycles. The van der Waals surface area contributed by atoms with Crippen LogP contribution < -0.4 is 5.73 Å². The zero-order valence-corrected chi connectivity index (χ0v) is 11.7. The van der Waals surface area contributed by atoms with Crippen molar-refractivity contribution in [1.82, 2.24) is 4.98 Å². The lowest BCUT2D eigenvalue weighted by atomic mass is 10.1. The first-order chi connectivity index (χ1) is 9.63. The normalized spacial score (nSPS) is 12.8. The second-order valence-corrected chi connectivity index (χ2v) is 5.51. The SMILES string of the molecule is C[C@@H](N)c1cc(F)ccc1Sc1nc2ccccc2o1. The molecule has 5 heteroatoms. The van der Waals surface area contributed by atoms with Crippen molar-refractivity contribution >= 4 is 22.9 Å². The quantitative estimate of drug-likeness (QED) is 0.787. The molecule has 20 heavy (non-hydrogen) atoms. The Morgan fingerprint density at radius 3 is 2.80 bits per heavy atom. The van der Waals surface area contributed by atoms with Crippen LogP contribution in [0.2, 0.25) is 0 Å². The van der Waals surface area contributed by atoms with Gasteiger partial charge in [-0.3, -0.25) is 0 Å². The third-order valence-electron chi connectivity index (χ3n) is 2.93. The van der Waals surface area contributed by atoms with Gasteiger partial charge in [-0.2, -0.15) is 0 Å². The minimum Gasteiger partial charge on any atom is -0.431 e.